The average Bonchev–Trinajstić information content (AvgIpc) is 3.02. The summed E-state index contributed by atoms with van der Waals surface area (Å²) >= 11 is 1.62. The molecular weight excluding hydrogens is 337 g/mol. The topological polar surface area (TPSA) is 39.9 Å². The Morgan fingerprint density at radius 2 is 1.80 bits per heavy atom. The van der Waals surface area contributed by atoms with E-state index >= 15 is 0 Å². The molecule has 0 saturated carbocycles. The van der Waals surface area contributed by atoms with E-state index in [-0.39, 0.29) is 5.82 Å². The molecule has 2 aromatic carbocycles. The summed E-state index contributed by atoms with van der Waals surface area (Å²) < 4.78 is 20.6. The number of halogens is 1. The van der Waals surface area contributed by atoms with Crippen molar-refractivity contribution in [3.8, 4) is 5.75 Å². The zero-order valence-electron chi connectivity index (χ0n) is 14.1. The van der Waals surface area contributed by atoms with E-state index in [1.54, 1.807) is 23.9 Å². The Bertz CT molecular complexity index is 790. The Balaban J connectivity index is 1.54. The Morgan fingerprint density at radius 1 is 1.04 bits per heavy atom. The highest BCUT2D eigenvalue weighted by Crippen LogP contribution is 2.19. The van der Waals surface area contributed by atoms with Crippen LogP contribution in [0.1, 0.15) is 18.3 Å². The minimum Gasteiger partial charge on any atom is -0.493 e. The smallest absolute Gasteiger partial charge is 0.191 e. The zero-order valence-corrected chi connectivity index (χ0v) is 14.9. The Hall–Kier alpha value is -2.34. The SMILES string of the molecule is CCn1c(Cc2ccccc2)nnc1SCCOc1ccc(F)cc1. The van der Waals surface area contributed by atoms with Gasteiger partial charge in [-0.25, -0.2) is 4.39 Å². The molecule has 0 radical (unpaired) electrons. The summed E-state index contributed by atoms with van der Waals surface area (Å²) in [6.07, 6.45) is 0.772. The summed E-state index contributed by atoms with van der Waals surface area (Å²) in [5, 5.41) is 9.55. The molecule has 3 aromatic rings. The van der Waals surface area contributed by atoms with Crippen molar-refractivity contribution < 1.29 is 9.13 Å². The number of thioether (sulfide) groups is 1. The molecule has 25 heavy (non-hydrogen) atoms. The first-order chi connectivity index (χ1) is 12.3. The summed E-state index contributed by atoms with van der Waals surface area (Å²) in [5.74, 6) is 2.13. The monoisotopic (exact) mass is 357 g/mol. The highest BCUT2D eigenvalue weighted by Gasteiger charge is 2.11. The maximum atomic E-state index is 12.9. The van der Waals surface area contributed by atoms with Gasteiger partial charge in [0, 0.05) is 18.7 Å². The summed E-state index contributed by atoms with van der Waals surface area (Å²) in [6, 6.07) is 16.3. The Morgan fingerprint density at radius 3 is 2.52 bits per heavy atom. The van der Waals surface area contributed by atoms with E-state index in [0.717, 1.165) is 29.7 Å². The van der Waals surface area contributed by atoms with Crippen LogP contribution in [0.15, 0.2) is 59.8 Å². The highest BCUT2D eigenvalue weighted by atomic mass is 32.2. The van der Waals surface area contributed by atoms with Crippen LogP contribution in [0.5, 0.6) is 5.75 Å². The molecule has 4 nitrogen and oxygen atoms in total. The molecule has 0 aliphatic rings. The molecular formula is C19H20FN3OS. The van der Waals surface area contributed by atoms with Gasteiger partial charge in [0.15, 0.2) is 5.16 Å². The molecule has 0 fully saturated rings. The van der Waals surface area contributed by atoms with Crippen molar-refractivity contribution in [2.24, 2.45) is 0 Å². The lowest BCUT2D eigenvalue weighted by Crippen LogP contribution is -2.06. The third-order valence-electron chi connectivity index (χ3n) is 3.71. The van der Waals surface area contributed by atoms with E-state index in [9.17, 15) is 4.39 Å². The first kappa shape index (κ1) is 17.5. The fraction of sp³-hybridized carbons (Fsp3) is 0.263. The quantitative estimate of drug-likeness (QED) is 0.447. The second kappa shape index (κ2) is 8.67. The highest BCUT2D eigenvalue weighted by molar-refractivity contribution is 7.99. The van der Waals surface area contributed by atoms with Crippen molar-refractivity contribution in [2.45, 2.75) is 25.0 Å². The van der Waals surface area contributed by atoms with Crippen LogP contribution < -0.4 is 4.74 Å². The lowest BCUT2D eigenvalue weighted by atomic mass is 10.1. The molecule has 0 bridgehead atoms. The first-order valence-electron chi connectivity index (χ1n) is 8.23. The molecule has 0 N–H and O–H groups in total. The standard InChI is InChI=1S/C19H20FN3OS/c1-2-23-18(14-15-6-4-3-5-7-15)21-22-19(23)25-13-12-24-17-10-8-16(20)9-11-17/h3-11H,2,12-14H2,1H3. The van der Waals surface area contributed by atoms with Crippen molar-refractivity contribution in [3.05, 3.63) is 71.8 Å². The van der Waals surface area contributed by atoms with Gasteiger partial charge in [-0.3, -0.25) is 0 Å². The Labute approximate surface area is 151 Å². The van der Waals surface area contributed by atoms with Crippen LogP contribution in [0.3, 0.4) is 0 Å². The van der Waals surface area contributed by atoms with Gasteiger partial charge < -0.3 is 9.30 Å². The molecule has 0 atom stereocenters. The third-order valence-corrected chi connectivity index (χ3v) is 4.64. The predicted molar refractivity (Wildman–Crippen MR) is 97.6 cm³/mol. The molecule has 1 heterocycles. The van der Waals surface area contributed by atoms with Gasteiger partial charge in [0.1, 0.15) is 17.4 Å². The van der Waals surface area contributed by atoms with Gasteiger partial charge in [-0.15, -0.1) is 10.2 Å². The summed E-state index contributed by atoms with van der Waals surface area (Å²) in [6.45, 7) is 3.45. The number of rotatable bonds is 8. The number of nitrogens with zero attached hydrogens (tertiary/aromatic N) is 3. The Kier molecular flexibility index (Phi) is 6.06. The number of ether oxygens (including phenoxy) is 1. The maximum absolute atomic E-state index is 12.9. The number of aromatic nitrogens is 3. The van der Waals surface area contributed by atoms with Crippen LogP contribution in [0.2, 0.25) is 0 Å². The van der Waals surface area contributed by atoms with Gasteiger partial charge in [0.25, 0.3) is 0 Å². The maximum Gasteiger partial charge on any atom is 0.191 e. The van der Waals surface area contributed by atoms with E-state index in [0.29, 0.717) is 12.4 Å². The van der Waals surface area contributed by atoms with E-state index in [1.807, 2.05) is 18.2 Å². The molecule has 0 amide bonds. The molecule has 0 aliphatic carbocycles. The summed E-state index contributed by atoms with van der Waals surface area (Å²) in [5.41, 5.74) is 1.22. The van der Waals surface area contributed by atoms with Crippen molar-refractivity contribution >= 4 is 11.8 Å². The molecule has 0 saturated heterocycles. The molecule has 1 aromatic heterocycles. The van der Waals surface area contributed by atoms with Gasteiger partial charge >= 0.3 is 0 Å². The molecule has 3 rings (SSSR count). The normalized spacial score (nSPS) is 10.8. The van der Waals surface area contributed by atoms with Gasteiger partial charge in [-0.05, 0) is 36.8 Å². The second-order valence-corrected chi connectivity index (χ2v) is 6.52. The lowest BCUT2D eigenvalue weighted by molar-refractivity contribution is 0.343. The fourth-order valence-corrected chi connectivity index (χ4v) is 3.31. The zero-order chi connectivity index (χ0) is 17.5. The number of hydrogen-bond donors (Lipinski definition) is 0. The summed E-state index contributed by atoms with van der Waals surface area (Å²) in [4.78, 5) is 0. The third kappa shape index (κ3) is 4.82. The van der Waals surface area contributed by atoms with E-state index in [1.165, 1.54) is 17.7 Å². The molecule has 0 aliphatic heterocycles. The van der Waals surface area contributed by atoms with Gasteiger partial charge in [-0.1, -0.05) is 42.1 Å². The van der Waals surface area contributed by atoms with Crippen molar-refractivity contribution in [2.75, 3.05) is 12.4 Å². The van der Waals surface area contributed by atoms with Crippen molar-refractivity contribution in [1.29, 1.82) is 0 Å². The van der Waals surface area contributed by atoms with Crippen molar-refractivity contribution in [3.63, 3.8) is 0 Å². The van der Waals surface area contributed by atoms with Crippen LogP contribution in [-0.2, 0) is 13.0 Å². The summed E-state index contributed by atoms with van der Waals surface area (Å²) in [7, 11) is 0. The molecule has 130 valence electrons. The van der Waals surface area contributed by atoms with Gasteiger partial charge in [0.05, 0.1) is 6.61 Å². The molecule has 6 heteroatoms. The van der Waals surface area contributed by atoms with E-state index in [4.69, 9.17) is 4.74 Å². The van der Waals surface area contributed by atoms with Crippen LogP contribution in [0.4, 0.5) is 4.39 Å². The number of hydrogen-bond acceptors (Lipinski definition) is 4. The van der Waals surface area contributed by atoms with Gasteiger partial charge in [-0.2, -0.15) is 0 Å². The van der Waals surface area contributed by atoms with Gasteiger partial charge in [0.2, 0.25) is 0 Å². The van der Waals surface area contributed by atoms with Crippen LogP contribution in [0.25, 0.3) is 0 Å². The van der Waals surface area contributed by atoms with Crippen LogP contribution >= 0.6 is 11.8 Å². The lowest BCUT2D eigenvalue weighted by Gasteiger charge is -2.08. The van der Waals surface area contributed by atoms with E-state index in [2.05, 4.69) is 33.8 Å². The fourth-order valence-electron chi connectivity index (χ4n) is 2.48. The van der Waals surface area contributed by atoms with Crippen molar-refractivity contribution in [1.82, 2.24) is 14.8 Å². The molecule has 0 spiro atoms. The minimum absolute atomic E-state index is 0.260. The second-order valence-electron chi connectivity index (χ2n) is 5.46. The predicted octanol–water partition coefficient (Wildman–Crippen LogP) is 4.20. The molecule has 0 unspecified atom stereocenters. The largest absolute Gasteiger partial charge is 0.493 e. The average molecular weight is 357 g/mol. The van der Waals surface area contributed by atoms with Crippen LogP contribution in [0, 0.1) is 5.82 Å². The minimum atomic E-state index is -0.260. The first-order valence-corrected chi connectivity index (χ1v) is 9.22. The number of benzene rings is 2. The van der Waals surface area contributed by atoms with E-state index < -0.39 is 0 Å². The van der Waals surface area contributed by atoms with Crippen LogP contribution in [-0.4, -0.2) is 27.1 Å².